The molecule has 1 saturated carbocycles. The number of imidazole rings is 1. The van der Waals surface area contributed by atoms with Crippen LogP contribution in [0.1, 0.15) is 19.8 Å². The van der Waals surface area contributed by atoms with Crippen molar-refractivity contribution in [3.05, 3.63) is 12.7 Å². The molecular weight excluding hydrogens is 190 g/mol. The summed E-state index contributed by atoms with van der Waals surface area (Å²) < 4.78 is 0. The van der Waals surface area contributed by atoms with Crippen LogP contribution < -0.4 is 5.32 Å². The maximum absolute atomic E-state index is 4.24. The van der Waals surface area contributed by atoms with Gasteiger partial charge in [-0.25, -0.2) is 15.0 Å². The number of anilines is 1. The summed E-state index contributed by atoms with van der Waals surface area (Å²) in [6, 6.07) is 0.478. The Labute approximate surface area is 87.3 Å². The molecule has 2 N–H and O–H groups in total. The van der Waals surface area contributed by atoms with E-state index in [1.54, 1.807) is 12.7 Å². The van der Waals surface area contributed by atoms with Crippen molar-refractivity contribution in [1.29, 1.82) is 0 Å². The number of rotatable bonds is 3. The van der Waals surface area contributed by atoms with Crippen molar-refractivity contribution in [2.45, 2.75) is 25.8 Å². The Morgan fingerprint density at radius 3 is 3.07 bits per heavy atom. The summed E-state index contributed by atoms with van der Waals surface area (Å²) >= 11 is 0. The summed E-state index contributed by atoms with van der Waals surface area (Å²) in [7, 11) is 0. The molecule has 0 radical (unpaired) electrons. The van der Waals surface area contributed by atoms with Crippen molar-refractivity contribution in [1.82, 2.24) is 19.9 Å². The second kappa shape index (κ2) is 3.18. The normalized spacial score (nSPS) is 17.9. The minimum absolute atomic E-state index is 0.478. The summed E-state index contributed by atoms with van der Waals surface area (Å²) in [4.78, 5) is 15.5. The van der Waals surface area contributed by atoms with Gasteiger partial charge in [0.15, 0.2) is 11.5 Å². The highest BCUT2D eigenvalue weighted by atomic mass is 15.1. The molecule has 15 heavy (non-hydrogen) atoms. The number of H-pyrrole nitrogens is 1. The van der Waals surface area contributed by atoms with E-state index in [0.29, 0.717) is 6.04 Å². The van der Waals surface area contributed by atoms with Crippen LogP contribution in [0.2, 0.25) is 0 Å². The van der Waals surface area contributed by atoms with Crippen LogP contribution in [0, 0.1) is 5.92 Å². The predicted molar refractivity (Wildman–Crippen MR) is 57.5 cm³/mol. The fourth-order valence-corrected chi connectivity index (χ4v) is 1.80. The van der Waals surface area contributed by atoms with Gasteiger partial charge < -0.3 is 10.3 Å². The molecule has 1 aliphatic carbocycles. The van der Waals surface area contributed by atoms with Gasteiger partial charge in [0.2, 0.25) is 0 Å². The van der Waals surface area contributed by atoms with Gasteiger partial charge in [0, 0.05) is 6.04 Å². The molecule has 78 valence electrons. The maximum Gasteiger partial charge on any atom is 0.182 e. The molecule has 0 aromatic carbocycles. The van der Waals surface area contributed by atoms with Crippen LogP contribution >= 0.6 is 0 Å². The number of nitrogens with zero attached hydrogens (tertiary/aromatic N) is 3. The number of aromatic amines is 1. The minimum atomic E-state index is 0.478. The fraction of sp³-hybridized carbons (Fsp3) is 0.500. The first-order chi connectivity index (χ1) is 7.34. The molecule has 0 bridgehead atoms. The van der Waals surface area contributed by atoms with Crippen LogP contribution in [-0.4, -0.2) is 26.0 Å². The Bertz CT molecular complexity index is 473. The average Bonchev–Trinajstić information content (AvgIpc) is 2.97. The highest BCUT2D eigenvalue weighted by molar-refractivity contribution is 5.82. The van der Waals surface area contributed by atoms with Crippen LogP contribution in [0.3, 0.4) is 0 Å². The molecule has 0 spiro atoms. The van der Waals surface area contributed by atoms with Crippen LogP contribution in [-0.2, 0) is 0 Å². The van der Waals surface area contributed by atoms with E-state index in [0.717, 1.165) is 22.9 Å². The second-order valence-electron chi connectivity index (χ2n) is 4.09. The number of nitrogens with one attached hydrogen (secondary N) is 2. The molecule has 0 aliphatic heterocycles. The molecule has 1 unspecified atom stereocenters. The van der Waals surface area contributed by atoms with E-state index in [4.69, 9.17) is 0 Å². The molecule has 2 aromatic rings. The van der Waals surface area contributed by atoms with Crippen molar-refractivity contribution < 1.29 is 0 Å². The Kier molecular flexibility index (Phi) is 1.83. The first kappa shape index (κ1) is 8.64. The van der Waals surface area contributed by atoms with E-state index >= 15 is 0 Å². The Hall–Kier alpha value is -1.65. The molecule has 5 heteroatoms. The van der Waals surface area contributed by atoms with Crippen LogP contribution in [0.25, 0.3) is 11.2 Å². The molecule has 1 fully saturated rings. The number of aromatic nitrogens is 4. The standard InChI is InChI=1S/C10H13N5/c1-6(7-2-3-7)15-10-8-9(12-4-11-8)13-5-14-10/h4-7H,2-3H2,1H3,(H2,11,12,13,14,15). The van der Waals surface area contributed by atoms with Gasteiger partial charge >= 0.3 is 0 Å². The highest BCUT2D eigenvalue weighted by Crippen LogP contribution is 2.34. The van der Waals surface area contributed by atoms with Crippen molar-refractivity contribution in [3.8, 4) is 0 Å². The highest BCUT2D eigenvalue weighted by Gasteiger charge is 2.28. The van der Waals surface area contributed by atoms with Crippen molar-refractivity contribution in [3.63, 3.8) is 0 Å². The molecule has 1 aliphatic rings. The van der Waals surface area contributed by atoms with Gasteiger partial charge in [-0.2, -0.15) is 0 Å². The molecule has 0 saturated heterocycles. The van der Waals surface area contributed by atoms with E-state index in [-0.39, 0.29) is 0 Å². The maximum atomic E-state index is 4.24. The van der Waals surface area contributed by atoms with Gasteiger partial charge in [0.25, 0.3) is 0 Å². The van der Waals surface area contributed by atoms with Gasteiger partial charge in [-0.3, -0.25) is 0 Å². The Morgan fingerprint density at radius 2 is 2.27 bits per heavy atom. The van der Waals surface area contributed by atoms with E-state index in [1.165, 1.54) is 12.8 Å². The van der Waals surface area contributed by atoms with Gasteiger partial charge in [-0.05, 0) is 25.7 Å². The lowest BCUT2D eigenvalue weighted by molar-refractivity contribution is 0.691. The molecule has 3 rings (SSSR count). The monoisotopic (exact) mass is 203 g/mol. The van der Waals surface area contributed by atoms with E-state index in [1.807, 2.05) is 0 Å². The summed E-state index contributed by atoms with van der Waals surface area (Å²) in [5.74, 6) is 1.66. The van der Waals surface area contributed by atoms with Gasteiger partial charge in [0.05, 0.1) is 6.33 Å². The Balaban J connectivity index is 1.92. The third kappa shape index (κ3) is 1.54. The van der Waals surface area contributed by atoms with Crippen LogP contribution in [0.5, 0.6) is 0 Å². The van der Waals surface area contributed by atoms with Crippen molar-refractivity contribution in [2.75, 3.05) is 5.32 Å². The molecule has 2 aromatic heterocycles. The Morgan fingerprint density at radius 1 is 1.40 bits per heavy atom. The third-order valence-electron chi connectivity index (χ3n) is 2.92. The predicted octanol–water partition coefficient (Wildman–Crippen LogP) is 1.56. The zero-order valence-corrected chi connectivity index (χ0v) is 8.57. The van der Waals surface area contributed by atoms with Gasteiger partial charge in [0.1, 0.15) is 11.8 Å². The van der Waals surface area contributed by atoms with Gasteiger partial charge in [-0.15, -0.1) is 0 Å². The van der Waals surface area contributed by atoms with Gasteiger partial charge in [-0.1, -0.05) is 0 Å². The molecule has 2 heterocycles. The summed E-state index contributed by atoms with van der Waals surface area (Å²) in [6.45, 7) is 2.20. The number of fused-ring (bicyclic) bond motifs is 1. The summed E-state index contributed by atoms with van der Waals surface area (Å²) in [6.07, 6.45) is 5.84. The third-order valence-corrected chi connectivity index (χ3v) is 2.92. The van der Waals surface area contributed by atoms with Crippen molar-refractivity contribution in [2.24, 2.45) is 5.92 Å². The molecule has 0 amide bonds. The number of hydrogen-bond acceptors (Lipinski definition) is 4. The first-order valence-corrected chi connectivity index (χ1v) is 5.25. The second-order valence-corrected chi connectivity index (χ2v) is 4.09. The smallest absolute Gasteiger partial charge is 0.182 e. The first-order valence-electron chi connectivity index (χ1n) is 5.25. The molecule has 5 nitrogen and oxygen atoms in total. The van der Waals surface area contributed by atoms with E-state index in [9.17, 15) is 0 Å². The summed E-state index contributed by atoms with van der Waals surface area (Å²) in [5, 5.41) is 3.41. The SMILES string of the molecule is CC(Nc1ncnc2nc[nH]c12)C1CC1. The topological polar surface area (TPSA) is 66.5 Å². The van der Waals surface area contributed by atoms with E-state index < -0.39 is 0 Å². The zero-order valence-electron chi connectivity index (χ0n) is 8.57. The number of hydrogen-bond donors (Lipinski definition) is 2. The minimum Gasteiger partial charge on any atom is -0.365 e. The zero-order chi connectivity index (χ0) is 10.3. The van der Waals surface area contributed by atoms with Crippen molar-refractivity contribution >= 4 is 17.0 Å². The van der Waals surface area contributed by atoms with Crippen LogP contribution in [0.15, 0.2) is 12.7 Å². The van der Waals surface area contributed by atoms with Crippen LogP contribution in [0.4, 0.5) is 5.82 Å². The average molecular weight is 203 g/mol. The molecular formula is C10H13N5. The fourth-order valence-electron chi connectivity index (χ4n) is 1.80. The largest absolute Gasteiger partial charge is 0.365 e. The lowest BCUT2D eigenvalue weighted by Crippen LogP contribution is -2.18. The lowest BCUT2D eigenvalue weighted by Gasteiger charge is -2.13. The quantitative estimate of drug-likeness (QED) is 0.794. The van der Waals surface area contributed by atoms with E-state index in [2.05, 4.69) is 32.2 Å². The molecule has 1 atom stereocenters. The summed E-state index contributed by atoms with van der Waals surface area (Å²) in [5.41, 5.74) is 1.61. The lowest BCUT2D eigenvalue weighted by atomic mass is 10.2.